The van der Waals surface area contributed by atoms with E-state index in [4.69, 9.17) is 9.26 Å². The third kappa shape index (κ3) is 2.53. The van der Waals surface area contributed by atoms with Gasteiger partial charge in [-0.05, 0) is 30.7 Å². The molecule has 7 nitrogen and oxygen atoms in total. The van der Waals surface area contributed by atoms with E-state index in [9.17, 15) is 5.11 Å². The number of rotatable bonds is 3. The van der Waals surface area contributed by atoms with Crippen molar-refractivity contribution in [2.45, 2.75) is 6.92 Å². The first-order valence-corrected chi connectivity index (χ1v) is 6.17. The lowest BCUT2D eigenvalue weighted by Crippen LogP contribution is -1.90. The molecule has 0 aliphatic heterocycles. The molecule has 1 N–H and O–H groups in total. The van der Waals surface area contributed by atoms with E-state index in [2.05, 4.69) is 20.1 Å². The second-order valence-electron chi connectivity index (χ2n) is 4.39. The van der Waals surface area contributed by atoms with Crippen LogP contribution in [0.2, 0.25) is 0 Å². The van der Waals surface area contributed by atoms with Crippen molar-refractivity contribution >= 4 is 0 Å². The summed E-state index contributed by atoms with van der Waals surface area (Å²) >= 11 is 0. The molecule has 0 atom stereocenters. The van der Waals surface area contributed by atoms with Gasteiger partial charge in [-0.15, -0.1) is 0 Å². The van der Waals surface area contributed by atoms with Gasteiger partial charge in [-0.3, -0.25) is 0 Å². The molecular formula is C14H12N4O3. The minimum absolute atomic E-state index is 0.00124. The molecule has 0 radical (unpaired) electrons. The largest absolute Gasteiger partial charge is 0.504 e. The predicted molar refractivity (Wildman–Crippen MR) is 73.7 cm³/mol. The summed E-state index contributed by atoms with van der Waals surface area (Å²) in [5.74, 6) is 1.32. The molecule has 2 aromatic heterocycles. The van der Waals surface area contributed by atoms with Crippen LogP contribution in [0.4, 0.5) is 0 Å². The fourth-order valence-corrected chi connectivity index (χ4v) is 1.76. The summed E-state index contributed by atoms with van der Waals surface area (Å²) in [6.45, 7) is 1.89. The van der Waals surface area contributed by atoms with Crippen LogP contribution in [0.5, 0.6) is 11.5 Å². The molecule has 0 bridgehead atoms. The van der Waals surface area contributed by atoms with E-state index in [0.29, 0.717) is 23.0 Å². The van der Waals surface area contributed by atoms with E-state index in [1.54, 1.807) is 24.5 Å². The topological polar surface area (TPSA) is 94.2 Å². The molecule has 0 saturated carbocycles. The fourth-order valence-electron chi connectivity index (χ4n) is 1.76. The Balaban J connectivity index is 1.94. The summed E-state index contributed by atoms with van der Waals surface area (Å²) in [7, 11) is 1.48. The monoisotopic (exact) mass is 284 g/mol. The van der Waals surface area contributed by atoms with Crippen molar-refractivity contribution in [2.24, 2.45) is 0 Å². The smallest absolute Gasteiger partial charge is 0.258 e. The summed E-state index contributed by atoms with van der Waals surface area (Å²) in [5.41, 5.74) is 1.53. The molecule has 3 rings (SSSR count). The molecule has 0 aliphatic rings. The van der Waals surface area contributed by atoms with Gasteiger partial charge in [0.25, 0.3) is 5.89 Å². The highest BCUT2D eigenvalue weighted by Crippen LogP contribution is 2.31. The summed E-state index contributed by atoms with van der Waals surface area (Å²) in [4.78, 5) is 12.5. The Morgan fingerprint density at radius 2 is 1.90 bits per heavy atom. The molecule has 0 unspecified atom stereocenters. The SMILES string of the molecule is COc1ccc(-c2nc(-c3ncc(C)cn3)no2)cc1O. The van der Waals surface area contributed by atoms with E-state index in [-0.39, 0.29) is 11.6 Å². The first kappa shape index (κ1) is 13.0. The van der Waals surface area contributed by atoms with Crippen molar-refractivity contribution < 1.29 is 14.4 Å². The molecule has 3 aromatic rings. The summed E-state index contributed by atoms with van der Waals surface area (Å²) < 4.78 is 10.2. The van der Waals surface area contributed by atoms with Crippen LogP contribution in [-0.2, 0) is 0 Å². The van der Waals surface area contributed by atoms with E-state index in [1.165, 1.54) is 13.2 Å². The zero-order valence-corrected chi connectivity index (χ0v) is 11.4. The highest BCUT2D eigenvalue weighted by atomic mass is 16.5. The van der Waals surface area contributed by atoms with Gasteiger partial charge in [-0.2, -0.15) is 4.98 Å². The number of aromatic nitrogens is 4. The Labute approximate surface area is 120 Å². The molecule has 7 heteroatoms. The molecule has 1 aromatic carbocycles. The van der Waals surface area contributed by atoms with Crippen LogP contribution in [0, 0.1) is 6.92 Å². The van der Waals surface area contributed by atoms with E-state index in [0.717, 1.165) is 5.56 Å². The van der Waals surface area contributed by atoms with Crippen LogP contribution < -0.4 is 4.74 Å². The molecule has 0 saturated heterocycles. The van der Waals surface area contributed by atoms with Crippen LogP contribution in [-0.4, -0.2) is 32.3 Å². The second kappa shape index (κ2) is 5.20. The van der Waals surface area contributed by atoms with Gasteiger partial charge in [0.15, 0.2) is 11.5 Å². The Bertz CT molecular complexity index is 768. The zero-order chi connectivity index (χ0) is 14.8. The van der Waals surface area contributed by atoms with Gasteiger partial charge < -0.3 is 14.4 Å². The molecule has 0 aliphatic carbocycles. The minimum atomic E-state index is 0.00124. The minimum Gasteiger partial charge on any atom is -0.504 e. The van der Waals surface area contributed by atoms with Gasteiger partial charge in [0.05, 0.1) is 7.11 Å². The number of phenols is 1. The molecule has 2 heterocycles. The number of aryl methyl sites for hydroxylation is 1. The summed E-state index contributed by atoms with van der Waals surface area (Å²) in [6, 6.07) is 4.83. The van der Waals surface area contributed by atoms with Crippen molar-refractivity contribution in [3.63, 3.8) is 0 Å². The lowest BCUT2D eigenvalue weighted by atomic mass is 10.2. The normalized spacial score (nSPS) is 10.6. The van der Waals surface area contributed by atoms with Crippen molar-refractivity contribution in [2.75, 3.05) is 7.11 Å². The third-order valence-electron chi connectivity index (χ3n) is 2.83. The van der Waals surface area contributed by atoms with Gasteiger partial charge in [0.2, 0.25) is 11.6 Å². The van der Waals surface area contributed by atoms with Crippen molar-refractivity contribution in [1.29, 1.82) is 0 Å². The maximum absolute atomic E-state index is 9.77. The number of ether oxygens (including phenoxy) is 1. The van der Waals surface area contributed by atoms with Gasteiger partial charge in [-0.25, -0.2) is 9.97 Å². The first-order chi connectivity index (χ1) is 10.2. The van der Waals surface area contributed by atoms with E-state index >= 15 is 0 Å². The van der Waals surface area contributed by atoms with Crippen LogP contribution in [0.3, 0.4) is 0 Å². The lowest BCUT2D eigenvalue weighted by molar-refractivity contribution is 0.373. The summed E-state index contributed by atoms with van der Waals surface area (Å²) in [5, 5.41) is 13.6. The molecule has 0 fully saturated rings. The van der Waals surface area contributed by atoms with E-state index < -0.39 is 0 Å². The molecule has 0 spiro atoms. The van der Waals surface area contributed by atoms with Crippen molar-refractivity contribution in [3.8, 4) is 34.6 Å². The van der Waals surface area contributed by atoms with E-state index in [1.807, 2.05) is 6.92 Å². The maximum Gasteiger partial charge on any atom is 0.258 e. The lowest BCUT2D eigenvalue weighted by Gasteiger charge is -2.03. The Morgan fingerprint density at radius 3 is 2.57 bits per heavy atom. The number of methoxy groups -OCH3 is 1. The Kier molecular flexibility index (Phi) is 3.23. The zero-order valence-electron chi connectivity index (χ0n) is 11.4. The highest BCUT2D eigenvalue weighted by molar-refractivity contribution is 5.60. The first-order valence-electron chi connectivity index (χ1n) is 6.17. The number of hydrogen-bond acceptors (Lipinski definition) is 7. The Morgan fingerprint density at radius 1 is 1.14 bits per heavy atom. The molecule has 21 heavy (non-hydrogen) atoms. The number of phenolic OH excluding ortho intramolecular Hbond substituents is 1. The van der Waals surface area contributed by atoms with Crippen LogP contribution in [0.15, 0.2) is 35.1 Å². The number of benzene rings is 1. The average Bonchev–Trinajstić information content (AvgIpc) is 2.98. The average molecular weight is 284 g/mol. The summed E-state index contributed by atoms with van der Waals surface area (Å²) in [6.07, 6.45) is 3.36. The number of hydrogen-bond donors (Lipinski definition) is 1. The van der Waals surface area contributed by atoms with Gasteiger partial charge in [-0.1, -0.05) is 5.16 Å². The predicted octanol–water partition coefficient (Wildman–Crippen LogP) is 2.22. The van der Waals surface area contributed by atoms with Crippen molar-refractivity contribution in [1.82, 2.24) is 20.1 Å². The van der Waals surface area contributed by atoms with Crippen molar-refractivity contribution in [3.05, 3.63) is 36.2 Å². The van der Waals surface area contributed by atoms with Gasteiger partial charge in [0, 0.05) is 18.0 Å². The third-order valence-corrected chi connectivity index (χ3v) is 2.83. The van der Waals surface area contributed by atoms with Crippen LogP contribution >= 0.6 is 0 Å². The molecular weight excluding hydrogens is 272 g/mol. The second-order valence-corrected chi connectivity index (χ2v) is 4.39. The Hall–Kier alpha value is -2.96. The fraction of sp³-hybridized carbons (Fsp3) is 0.143. The number of nitrogens with zero attached hydrogens (tertiary/aromatic N) is 4. The molecule has 106 valence electrons. The maximum atomic E-state index is 9.77. The highest BCUT2D eigenvalue weighted by Gasteiger charge is 2.14. The van der Waals surface area contributed by atoms with Crippen LogP contribution in [0.25, 0.3) is 23.1 Å². The number of aromatic hydroxyl groups is 1. The van der Waals surface area contributed by atoms with Gasteiger partial charge >= 0.3 is 0 Å². The standard InChI is InChI=1S/C14H12N4O3/c1-8-6-15-12(16-7-8)13-17-14(21-18-13)9-3-4-11(20-2)10(19)5-9/h3-7,19H,1-2H3. The van der Waals surface area contributed by atoms with Gasteiger partial charge in [0.1, 0.15) is 0 Å². The molecule has 0 amide bonds. The quantitative estimate of drug-likeness (QED) is 0.787. The van der Waals surface area contributed by atoms with Crippen LogP contribution in [0.1, 0.15) is 5.56 Å².